The molecule has 0 fully saturated rings. The van der Waals surface area contributed by atoms with E-state index < -0.39 is 5.82 Å². The van der Waals surface area contributed by atoms with E-state index in [0.717, 1.165) is 35.6 Å². The van der Waals surface area contributed by atoms with Gasteiger partial charge in [-0.25, -0.2) is 14.4 Å². The fraction of sp³-hybridized carbons (Fsp3) is 0.167. The molecule has 6 heteroatoms. The third-order valence-electron chi connectivity index (χ3n) is 4.12. The summed E-state index contributed by atoms with van der Waals surface area (Å²) in [4.78, 5) is 15.4. The van der Waals surface area contributed by atoms with E-state index in [1.54, 1.807) is 12.3 Å². The third kappa shape index (κ3) is 2.67. The van der Waals surface area contributed by atoms with Gasteiger partial charge in [-0.2, -0.15) is 0 Å². The summed E-state index contributed by atoms with van der Waals surface area (Å²) in [6, 6.07) is 10.1. The quantitative estimate of drug-likeness (QED) is 0.786. The lowest BCUT2D eigenvalue weighted by Crippen LogP contribution is -2.31. The Balaban J connectivity index is 1.61. The van der Waals surface area contributed by atoms with E-state index in [4.69, 9.17) is 0 Å². The van der Waals surface area contributed by atoms with Crippen molar-refractivity contribution in [1.82, 2.24) is 15.0 Å². The van der Waals surface area contributed by atoms with Crippen molar-refractivity contribution in [3.63, 3.8) is 0 Å². The van der Waals surface area contributed by atoms with Gasteiger partial charge in [-0.05, 0) is 24.3 Å². The first kappa shape index (κ1) is 14.6. The summed E-state index contributed by atoms with van der Waals surface area (Å²) >= 11 is 0. The van der Waals surface area contributed by atoms with E-state index in [2.05, 4.69) is 19.9 Å². The maximum atomic E-state index is 13.6. The number of nitrogens with zero attached hydrogens (tertiary/aromatic N) is 4. The van der Waals surface area contributed by atoms with Crippen LogP contribution in [0.15, 0.2) is 48.8 Å². The van der Waals surface area contributed by atoms with Crippen molar-refractivity contribution in [2.45, 2.75) is 13.0 Å². The molecular weight excluding hydrogens is 307 g/mol. The second-order valence-corrected chi connectivity index (χ2v) is 5.69. The molecule has 0 radical (unpaired) electrons. The van der Waals surface area contributed by atoms with Gasteiger partial charge in [0, 0.05) is 49.2 Å². The largest absolute Gasteiger partial charge is 0.505 e. The summed E-state index contributed by atoms with van der Waals surface area (Å²) in [6.07, 6.45) is 4.29. The summed E-state index contributed by atoms with van der Waals surface area (Å²) in [5.41, 5.74) is 3.52. The van der Waals surface area contributed by atoms with Crippen molar-refractivity contribution in [3.8, 4) is 17.3 Å². The molecule has 0 atom stereocenters. The lowest BCUT2D eigenvalue weighted by atomic mass is 10.1. The van der Waals surface area contributed by atoms with Crippen molar-refractivity contribution < 1.29 is 9.50 Å². The molecule has 1 aliphatic rings. The average Bonchev–Trinajstić information content (AvgIpc) is 2.64. The van der Waals surface area contributed by atoms with Crippen LogP contribution in [0.25, 0.3) is 11.5 Å². The van der Waals surface area contributed by atoms with Gasteiger partial charge in [-0.1, -0.05) is 6.07 Å². The maximum Gasteiger partial charge on any atom is 0.178 e. The molecule has 5 nitrogen and oxygen atoms in total. The highest BCUT2D eigenvalue weighted by Crippen LogP contribution is 2.27. The van der Waals surface area contributed by atoms with E-state index in [1.165, 1.54) is 12.1 Å². The van der Waals surface area contributed by atoms with Gasteiger partial charge >= 0.3 is 0 Å². The molecule has 0 spiro atoms. The van der Waals surface area contributed by atoms with Crippen molar-refractivity contribution >= 4 is 5.69 Å². The van der Waals surface area contributed by atoms with Crippen LogP contribution in [-0.2, 0) is 13.0 Å². The minimum atomic E-state index is -0.611. The second kappa shape index (κ2) is 5.88. The standard InChI is InChI=1S/C18H15FN4O/c19-14-9-13(4-5-17(14)24)23-8-6-15-12(11-23)10-21-18(22-15)16-3-1-2-7-20-16/h1-5,7,9-10,24H,6,8,11H2. The lowest BCUT2D eigenvalue weighted by Gasteiger charge is -2.30. The first-order chi connectivity index (χ1) is 11.7. The first-order valence-electron chi connectivity index (χ1n) is 7.70. The van der Waals surface area contributed by atoms with Crippen molar-refractivity contribution in [2.75, 3.05) is 11.4 Å². The summed E-state index contributed by atoms with van der Waals surface area (Å²) in [7, 11) is 0. The summed E-state index contributed by atoms with van der Waals surface area (Å²) in [6.45, 7) is 1.35. The first-order valence-corrected chi connectivity index (χ1v) is 7.70. The number of phenols is 1. The topological polar surface area (TPSA) is 62.1 Å². The molecule has 0 amide bonds. The minimum absolute atomic E-state index is 0.334. The predicted molar refractivity (Wildman–Crippen MR) is 88.1 cm³/mol. The number of aromatic hydroxyl groups is 1. The second-order valence-electron chi connectivity index (χ2n) is 5.69. The number of hydrogen-bond donors (Lipinski definition) is 1. The smallest absolute Gasteiger partial charge is 0.178 e. The Hall–Kier alpha value is -3.02. The predicted octanol–water partition coefficient (Wildman–Crippen LogP) is 2.95. The molecule has 2 aromatic heterocycles. The highest BCUT2D eigenvalue weighted by atomic mass is 19.1. The van der Waals surface area contributed by atoms with Crippen LogP contribution >= 0.6 is 0 Å². The Morgan fingerprint density at radius 3 is 2.83 bits per heavy atom. The summed E-state index contributed by atoms with van der Waals surface area (Å²) in [5.74, 6) is -0.321. The van der Waals surface area contributed by atoms with Crippen molar-refractivity contribution in [3.05, 3.63) is 65.9 Å². The van der Waals surface area contributed by atoms with Gasteiger partial charge in [0.1, 0.15) is 5.69 Å². The van der Waals surface area contributed by atoms with E-state index >= 15 is 0 Å². The zero-order valence-electron chi connectivity index (χ0n) is 12.9. The molecule has 0 unspecified atom stereocenters. The number of hydrogen-bond acceptors (Lipinski definition) is 5. The molecule has 0 saturated heterocycles. The third-order valence-corrected chi connectivity index (χ3v) is 4.12. The lowest BCUT2D eigenvalue weighted by molar-refractivity contribution is 0.432. The van der Waals surface area contributed by atoms with Crippen LogP contribution in [0.3, 0.4) is 0 Å². The van der Waals surface area contributed by atoms with Gasteiger partial charge in [0.25, 0.3) is 0 Å². The van der Waals surface area contributed by atoms with Gasteiger partial charge < -0.3 is 10.0 Å². The number of aromatic nitrogens is 3. The molecular formula is C18H15FN4O. The van der Waals surface area contributed by atoms with E-state index in [-0.39, 0.29) is 5.75 Å². The molecule has 24 heavy (non-hydrogen) atoms. The number of anilines is 1. The molecule has 4 rings (SSSR count). The van der Waals surface area contributed by atoms with Crippen molar-refractivity contribution in [2.24, 2.45) is 0 Å². The maximum absolute atomic E-state index is 13.6. The number of benzene rings is 1. The number of phenolic OH excluding ortho intramolecular Hbond substituents is 1. The number of fused-ring (bicyclic) bond motifs is 1. The molecule has 1 aromatic carbocycles. The fourth-order valence-electron chi connectivity index (χ4n) is 2.85. The van der Waals surface area contributed by atoms with Crippen LogP contribution < -0.4 is 4.90 Å². The number of halogens is 1. The van der Waals surface area contributed by atoms with E-state index in [0.29, 0.717) is 12.4 Å². The molecule has 0 bridgehead atoms. The SMILES string of the molecule is Oc1ccc(N2CCc3nc(-c4ccccn4)ncc3C2)cc1F. The molecule has 0 aliphatic carbocycles. The molecule has 1 aliphatic heterocycles. The highest BCUT2D eigenvalue weighted by molar-refractivity contribution is 5.53. The average molecular weight is 322 g/mol. The monoisotopic (exact) mass is 322 g/mol. The molecule has 1 N–H and O–H groups in total. The van der Waals surface area contributed by atoms with Crippen LogP contribution in [0, 0.1) is 5.82 Å². The van der Waals surface area contributed by atoms with Crippen LogP contribution in [0.5, 0.6) is 5.75 Å². The van der Waals surface area contributed by atoms with E-state index in [9.17, 15) is 9.50 Å². The van der Waals surface area contributed by atoms with Crippen LogP contribution in [0.4, 0.5) is 10.1 Å². The Morgan fingerprint density at radius 1 is 1.12 bits per heavy atom. The zero-order chi connectivity index (χ0) is 16.5. The van der Waals surface area contributed by atoms with Gasteiger partial charge in [-0.15, -0.1) is 0 Å². The summed E-state index contributed by atoms with van der Waals surface area (Å²) < 4.78 is 13.6. The highest BCUT2D eigenvalue weighted by Gasteiger charge is 2.20. The van der Waals surface area contributed by atoms with Gasteiger partial charge in [0.15, 0.2) is 17.4 Å². The van der Waals surface area contributed by atoms with Gasteiger partial charge in [0.05, 0.1) is 5.69 Å². The molecule has 3 heterocycles. The number of rotatable bonds is 2. The normalized spacial score (nSPS) is 13.6. The van der Waals surface area contributed by atoms with Crippen molar-refractivity contribution in [1.29, 1.82) is 0 Å². The number of pyridine rings is 1. The fourth-order valence-corrected chi connectivity index (χ4v) is 2.85. The molecule has 120 valence electrons. The Bertz CT molecular complexity index is 885. The summed E-state index contributed by atoms with van der Waals surface area (Å²) in [5, 5.41) is 9.32. The zero-order valence-corrected chi connectivity index (χ0v) is 12.9. The van der Waals surface area contributed by atoms with Crippen LogP contribution in [-0.4, -0.2) is 26.6 Å². The van der Waals surface area contributed by atoms with E-state index in [1.807, 2.05) is 24.4 Å². The molecule has 0 saturated carbocycles. The Morgan fingerprint density at radius 2 is 2.04 bits per heavy atom. The Labute approximate surface area is 138 Å². The van der Waals surface area contributed by atoms with Gasteiger partial charge in [0.2, 0.25) is 0 Å². The Kier molecular flexibility index (Phi) is 3.57. The van der Waals surface area contributed by atoms with Crippen LogP contribution in [0.1, 0.15) is 11.3 Å². The minimum Gasteiger partial charge on any atom is -0.505 e. The molecule has 3 aromatic rings. The van der Waals surface area contributed by atoms with Crippen LogP contribution in [0.2, 0.25) is 0 Å². The van der Waals surface area contributed by atoms with Gasteiger partial charge in [-0.3, -0.25) is 4.98 Å².